The van der Waals surface area contributed by atoms with Crippen molar-refractivity contribution >= 4 is 5.78 Å². The molecule has 1 aromatic rings. The van der Waals surface area contributed by atoms with Gasteiger partial charge in [-0.15, -0.1) is 0 Å². The van der Waals surface area contributed by atoms with Gasteiger partial charge < -0.3 is 4.90 Å². The Morgan fingerprint density at radius 3 is 2.20 bits per heavy atom. The van der Waals surface area contributed by atoms with E-state index in [1.807, 2.05) is 37.3 Å². The van der Waals surface area contributed by atoms with Crippen LogP contribution in [0.5, 0.6) is 0 Å². The molecular formula is C17H26N2O. The lowest BCUT2D eigenvalue weighted by Crippen LogP contribution is -2.52. The molecule has 0 spiro atoms. The normalized spacial score (nSPS) is 19.2. The Kier molecular flexibility index (Phi) is 5.32. The first-order valence-electron chi connectivity index (χ1n) is 7.63. The molecule has 2 rings (SSSR count). The molecule has 0 aromatic heterocycles. The minimum absolute atomic E-state index is 0.0152. The van der Waals surface area contributed by atoms with Crippen LogP contribution in [0.15, 0.2) is 30.3 Å². The summed E-state index contributed by atoms with van der Waals surface area (Å²) in [5, 5.41) is 0. The summed E-state index contributed by atoms with van der Waals surface area (Å²) in [5.41, 5.74) is 0.824. The molecule has 0 aliphatic carbocycles. The molecule has 20 heavy (non-hydrogen) atoms. The van der Waals surface area contributed by atoms with E-state index in [9.17, 15) is 4.79 Å². The quantitative estimate of drug-likeness (QED) is 0.771. The standard InChI is InChI=1S/C17H26N2O/c1-14(2)13-18-9-11-19(12-10-18)15(3)17(20)16-7-5-4-6-8-16/h4-8,14-15H,9-13H2,1-3H3. The van der Waals surface area contributed by atoms with E-state index in [2.05, 4.69) is 23.6 Å². The van der Waals surface area contributed by atoms with Gasteiger partial charge in [-0.3, -0.25) is 9.69 Å². The number of hydrogen-bond acceptors (Lipinski definition) is 3. The Hall–Kier alpha value is -1.19. The highest BCUT2D eigenvalue weighted by Crippen LogP contribution is 2.12. The summed E-state index contributed by atoms with van der Waals surface area (Å²) in [6.07, 6.45) is 0. The lowest BCUT2D eigenvalue weighted by Gasteiger charge is -2.38. The molecule has 0 saturated carbocycles. The Bertz CT molecular complexity index is 422. The van der Waals surface area contributed by atoms with Crippen molar-refractivity contribution in [3.8, 4) is 0 Å². The first kappa shape index (κ1) is 15.2. The van der Waals surface area contributed by atoms with Gasteiger partial charge in [0.2, 0.25) is 0 Å². The second kappa shape index (κ2) is 7.00. The third-order valence-electron chi connectivity index (χ3n) is 4.02. The van der Waals surface area contributed by atoms with Crippen LogP contribution in [0, 0.1) is 5.92 Å². The maximum Gasteiger partial charge on any atom is 0.179 e. The van der Waals surface area contributed by atoms with Gasteiger partial charge in [-0.25, -0.2) is 0 Å². The molecule has 1 fully saturated rings. The summed E-state index contributed by atoms with van der Waals surface area (Å²) >= 11 is 0. The predicted molar refractivity (Wildman–Crippen MR) is 83.1 cm³/mol. The summed E-state index contributed by atoms with van der Waals surface area (Å²) in [6, 6.07) is 9.62. The Labute approximate surface area is 122 Å². The highest BCUT2D eigenvalue weighted by atomic mass is 16.1. The summed E-state index contributed by atoms with van der Waals surface area (Å²) in [5.74, 6) is 0.952. The maximum atomic E-state index is 12.4. The molecule has 0 radical (unpaired) electrons. The van der Waals surface area contributed by atoms with Crippen LogP contribution < -0.4 is 0 Å². The molecule has 0 amide bonds. The molecule has 1 aliphatic rings. The zero-order chi connectivity index (χ0) is 14.5. The first-order valence-corrected chi connectivity index (χ1v) is 7.63. The van der Waals surface area contributed by atoms with E-state index >= 15 is 0 Å². The van der Waals surface area contributed by atoms with Gasteiger partial charge in [0, 0.05) is 38.3 Å². The third-order valence-corrected chi connectivity index (χ3v) is 4.02. The number of Topliss-reactive ketones (excluding diaryl/α,β-unsaturated/α-hetero) is 1. The van der Waals surface area contributed by atoms with E-state index in [-0.39, 0.29) is 11.8 Å². The van der Waals surface area contributed by atoms with Crippen molar-refractivity contribution in [2.24, 2.45) is 5.92 Å². The second-order valence-corrected chi connectivity index (χ2v) is 6.14. The number of carbonyl (C=O) groups is 1. The Morgan fingerprint density at radius 2 is 1.65 bits per heavy atom. The SMILES string of the molecule is CC(C)CN1CCN(C(C)C(=O)c2ccccc2)CC1. The monoisotopic (exact) mass is 274 g/mol. The molecule has 1 aliphatic heterocycles. The lowest BCUT2D eigenvalue weighted by molar-refractivity contribution is 0.0679. The molecule has 3 nitrogen and oxygen atoms in total. The van der Waals surface area contributed by atoms with Gasteiger partial charge in [0.05, 0.1) is 6.04 Å². The van der Waals surface area contributed by atoms with Crippen molar-refractivity contribution in [3.63, 3.8) is 0 Å². The molecule has 1 heterocycles. The molecule has 1 atom stereocenters. The number of carbonyl (C=O) groups excluding carboxylic acids is 1. The largest absolute Gasteiger partial charge is 0.301 e. The average Bonchev–Trinajstić information content (AvgIpc) is 2.47. The number of rotatable bonds is 5. The van der Waals surface area contributed by atoms with Crippen LogP contribution in [-0.2, 0) is 0 Å². The van der Waals surface area contributed by atoms with Crippen LogP contribution in [0.25, 0.3) is 0 Å². The minimum atomic E-state index is -0.0152. The number of benzene rings is 1. The van der Waals surface area contributed by atoms with Crippen molar-refractivity contribution in [3.05, 3.63) is 35.9 Å². The minimum Gasteiger partial charge on any atom is -0.301 e. The molecule has 1 unspecified atom stereocenters. The van der Waals surface area contributed by atoms with E-state index in [1.165, 1.54) is 0 Å². The molecule has 1 aromatic carbocycles. The fourth-order valence-electron chi connectivity index (χ4n) is 2.86. The van der Waals surface area contributed by atoms with Crippen molar-refractivity contribution in [2.75, 3.05) is 32.7 Å². The first-order chi connectivity index (χ1) is 9.58. The van der Waals surface area contributed by atoms with E-state index in [1.54, 1.807) is 0 Å². The summed E-state index contributed by atoms with van der Waals surface area (Å²) in [6.45, 7) is 11.8. The third kappa shape index (κ3) is 3.90. The number of piperazine rings is 1. The fraction of sp³-hybridized carbons (Fsp3) is 0.588. The zero-order valence-electron chi connectivity index (χ0n) is 12.9. The molecular weight excluding hydrogens is 248 g/mol. The van der Waals surface area contributed by atoms with E-state index in [4.69, 9.17) is 0 Å². The number of nitrogens with zero attached hydrogens (tertiary/aromatic N) is 2. The van der Waals surface area contributed by atoms with E-state index in [0.717, 1.165) is 38.3 Å². The topological polar surface area (TPSA) is 23.6 Å². The van der Waals surface area contributed by atoms with Crippen LogP contribution in [-0.4, -0.2) is 54.3 Å². The maximum absolute atomic E-state index is 12.4. The van der Waals surface area contributed by atoms with Crippen molar-refractivity contribution in [1.29, 1.82) is 0 Å². The van der Waals surface area contributed by atoms with Gasteiger partial charge in [0.1, 0.15) is 0 Å². The average molecular weight is 274 g/mol. The van der Waals surface area contributed by atoms with Gasteiger partial charge in [0.15, 0.2) is 5.78 Å². The van der Waals surface area contributed by atoms with Crippen LogP contribution >= 0.6 is 0 Å². The number of ketones is 1. The highest BCUT2D eigenvalue weighted by Gasteiger charge is 2.26. The Morgan fingerprint density at radius 1 is 1.05 bits per heavy atom. The van der Waals surface area contributed by atoms with Crippen LogP contribution in [0.2, 0.25) is 0 Å². The van der Waals surface area contributed by atoms with Crippen LogP contribution in [0.3, 0.4) is 0 Å². The van der Waals surface area contributed by atoms with Gasteiger partial charge in [0.25, 0.3) is 0 Å². The van der Waals surface area contributed by atoms with Crippen molar-refractivity contribution in [1.82, 2.24) is 9.80 Å². The van der Waals surface area contributed by atoms with Crippen LogP contribution in [0.4, 0.5) is 0 Å². The zero-order valence-corrected chi connectivity index (χ0v) is 12.9. The Balaban J connectivity index is 1.88. The van der Waals surface area contributed by atoms with E-state index in [0.29, 0.717) is 5.92 Å². The van der Waals surface area contributed by atoms with Gasteiger partial charge in [-0.1, -0.05) is 44.2 Å². The highest BCUT2D eigenvalue weighted by molar-refractivity contribution is 5.99. The molecule has 3 heteroatoms. The molecule has 0 N–H and O–H groups in total. The molecule has 110 valence electrons. The van der Waals surface area contributed by atoms with Crippen molar-refractivity contribution < 1.29 is 4.79 Å². The second-order valence-electron chi connectivity index (χ2n) is 6.14. The summed E-state index contributed by atoms with van der Waals surface area (Å²) < 4.78 is 0. The summed E-state index contributed by atoms with van der Waals surface area (Å²) in [4.78, 5) is 17.3. The smallest absolute Gasteiger partial charge is 0.179 e. The fourth-order valence-corrected chi connectivity index (χ4v) is 2.86. The lowest BCUT2D eigenvalue weighted by atomic mass is 10.0. The predicted octanol–water partition coefficient (Wildman–Crippen LogP) is 2.53. The van der Waals surface area contributed by atoms with Gasteiger partial charge in [-0.2, -0.15) is 0 Å². The van der Waals surface area contributed by atoms with Crippen molar-refractivity contribution in [2.45, 2.75) is 26.8 Å². The van der Waals surface area contributed by atoms with Gasteiger partial charge in [-0.05, 0) is 12.8 Å². The van der Waals surface area contributed by atoms with E-state index < -0.39 is 0 Å². The molecule has 1 saturated heterocycles. The van der Waals surface area contributed by atoms with Gasteiger partial charge >= 0.3 is 0 Å². The number of hydrogen-bond donors (Lipinski definition) is 0. The summed E-state index contributed by atoms with van der Waals surface area (Å²) in [7, 11) is 0. The van der Waals surface area contributed by atoms with Crippen LogP contribution in [0.1, 0.15) is 31.1 Å². The molecule has 0 bridgehead atoms.